The Bertz CT molecular complexity index is 498. The number of nitrogens with zero attached hydrogens (tertiary/aromatic N) is 1. The zero-order valence-electron chi connectivity index (χ0n) is 11.4. The maximum Gasteiger partial charge on any atom is 0.265 e. The molecule has 1 aliphatic rings. The van der Waals surface area contributed by atoms with Gasteiger partial charge in [0.2, 0.25) is 5.91 Å². The predicted molar refractivity (Wildman–Crippen MR) is 78.8 cm³/mol. The molecule has 1 saturated carbocycles. The van der Waals surface area contributed by atoms with E-state index in [-0.39, 0.29) is 23.6 Å². The molecule has 0 bridgehead atoms. The molecule has 110 valence electrons. The van der Waals surface area contributed by atoms with E-state index in [4.69, 9.17) is 5.73 Å². The summed E-state index contributed by atoms with van der Waals surface area (Å²) in [6.45, 7) is 3.48. The lowest BCUT2D eigenvalue weighted by Crippen LogP contribution is -2.35. The first kappa shape index (κ1) is 14.6. The van der Waals surface area contributed by atoms with Gasteiger partial charge in [0.1, 0.15) is 10.7 Å². The van der Waals surface area contributed by atoms with Gasteiger partial charge in [-0.3, -0.25) is 9.59 Å². The summed E-state index contributed by atoms with van der Waals surface area (Å²) in [6.07, 6.45) is 1.95. The quantitative estimate of drug-likeness (QED) is 0.545. The molecule has 0 atom stereocenters. The van der Waals surface area contributed by atoms with E-state index in [2.05, 4.69) is 20.9 Å². The van der Waals surface area contributed by atoms with Crippen LogP contribution in [0.5, 0.6) is 0 Å². The van der Waals surface area contributed by atoms with Gasteiger partial charge in [0.25, 0.3) is 5.91 Å². The predicted octanol–water partition coefficient (Wildman–Crippen LogP) is 0.413. The van der Waals surface area contributed by atoms with Crippen molar-refractivity contribution in [2.75, 3.05) is 30.7 Å². The van der Waals surface area contributed by atoms with Gasteiger partial charge >= 0.3 is 0 Å². The normalized spacial score (nSPS) is 13.8. The molecule has 1 heterocycles. The number of carbonyl (C=O) groups is 2. The van der Waals surface area contributed by atoms with Crippen LogP contribution in [0.2, 0.25) is 0 Å². The van der Waals surface area contributed by atoms with Crippen LogP contribution in [-0.4, -0.2) is 36.4 Å². The van der Waals surface area contributed by atoms with Crippen molar-refractivity contribution in [2.24, 2.45) is 5.92 Å². The summed E-state index contributed by atoms with van der Waals surface area (Å²) in [5.74, 6) is 0.229. The molecule has 0 aromatic carbocycles. The molecule has 0 unspecified atom stereocenters. The van der Waals surface area contributed by atoms with Gasteiger partial charge < -0.3 is 21.7 Å². The smallest absolute Gasteiger partial charge is 0.265 e. The monoisotopic (exact) mass is 297 g/mol. The molecule has 0 saturated heterocycles. The van der Waals surface area contributed by atoms with E-state index in [1.807, 2.05) is 6.92 Å². The summed E-state index contributed by atoms with van der Waals surface area (Å²) >= 11 is 1.22. The van der Waals surface area contributed by atoms with Crippen molar-refractivity contribution in [1.82, 2.24) is 15.6 Å². The number of rotatable bonds is 7. The first-order chi connectivity index (χ1) is 9.61. The van der Waals surface area contributed by atoms with Gasteiger partial charge in [-0.1, -0.05) is 11.3 Å². The molecule has 20 heavy (non-hydrogen) atoms. The molecule has 1 aromatic rings. The minimum Gasteiger partial charge on any atom is -0.382 e. The van der Waals surface area contributed by atoms with E-state index >= 15 is 0 Å². The number of hydrogen-bond donors (Lipinski definition) is 4. The fourth-order valence-electron chi connectivity index (χ4n) is 1.65. The van der Waals surface area contributed by atoms with Gasteiger partial charge in [0.15, 0.2) is 5.13 Å². The van der Waals surface area contributed by atoms with Gasteiger partial charge in [0.05, 0.1) is 0 Å². The molecule has 0 spiro atoms. The lowest BCUT2D eigenvalue weighted by atomic mass is 10.4. The number of carbonyl (C=O) groups excluding carboxylic acids is 2. The second-order valence-electron chi connectivity index (χ2n) is 4.58. The average Bonchev–Trinajstić information content (AvgIpc) is 3.19. The fourth-order valence-corrected chi connectivity index (χ4v) is 2.52. The second-order valence-corrected chi connectivity index (χ2v) is 5.58. The van der Waals surface area contributed by atoms with Crippen molar-refractivity contribution in [1.29, 1.82) is 0 Å². The highest BCUT2D eigenvalue weighted by Gasteiger charge is 2.29. The van der Waals surface area contributed by atoms with E-state index < -0.39 is 0 Å². The molecule has 0 radical (unpaired) electrons. The number of thiazole rings is 1. The Kier molecular flexibility index (Phi) is 4.78. The van der Waals surface area contributed by atoms with Gasteiger partial charge in [-0.15, -0.1) is 0 Å². The molecule has 8 heteroatoms. The van der Waals surface area contributed by atoms with Crippen LogP contribution in [0.1, 0.15) is 29.4 Å². The Balaban J connectivity index is 1.74. The molecule has 0 aliphatic heterocycles. The van der Waals surface area contributed by atoms with Crippen molar-refractivity contribution < 1.29 is 9.59 Å². The molecule has 2 rings (SSSR count). The molecule has 7 nitrogen and oxygen atoms in total. The number of hydrogen-bond acceptors (Lipinski definition) is 6. The van der Waals surface area contributed by atoms with E-state index in [1.54, 1.807) is 0 Å². The van der Waals surface area contributed by atoms with Crippen molar-refractivity contribution in [3.05, 3.63) is 4.88 Å². The summed E-state index contributed by atoms with van der Waals surface area (Å²) in [5.41, 5.74) is 5.70. The van der Waals surface area contributed by atoms with Crippen LogP contribution in [0, 0.1) is 5.92 Å². The molecule has 1 aliphatic carbocycles. The average molecular weight is 297 g/mol. The van der Waals surface area contributed by atoms with E-state index in [0.29, 0.717) is 23.1 Å². The maximum absolute atomic E-state index is 11.9. The van der Waals surface area contributed by atoms with E-state index in [1.165, 1.54) is 11.3 Å². The highest BCUT2D eigenvalue weighted by molar-refractivity contribution is 7.18. The first-order valence-electron chi connectivity index (χ1n) is 6.68. The van der Waals surface area contributed by atoms with E-state index in [9.17, 15) is 9.59 Å². The summed E-state index contributed by atoms with van der Waals surface area (Å²) in [5, 5.41) is 9.15. The summed E-state index contributed by atoms with van der Waals surface area (Å²) in [6, 6.07) is 0. The van der Waals surface area contributed by atoms with Crippen molar-refractivity contribution >= 4 is 34.1 Å². The van der Waals surface area contributed by atoms with Gasteiger partial charge in [0, 0.05) is 25.6 Å². The SMILES string of the molecule is CCNc1nc(N)c(C(=O)NCCNC(=O)C2CC2)s1. The van der Waals surface area contributed by atoms with Crippen LogP contribution in [0.25, 0.3) is 0 Å². The van der Waals surface area contributed by atoms with Crippen LogP contribution in [-0.2, 0) is 4.79 Å². The highest BCUT2D eigenvalue weighted by atomic mass is 32.1. The number of aromatic nitrogens is 1. The third-order valence-corrected chi connectivity index (χ3v) is 3.87. The maximum atomic E-state index is 11.9. The third kappa shape index (κ3) is 3.83. The lowest BCUT2D eigenvalue weighted by Gasteiger charge is -2.05. The van der Waals surface area contributed by atoms with Gasteiger partial charge in [-0.2, -0.15) is 0 Å². The molecule has 1 aromatic heterocycles. The molecular formula is C12H19N5O2S. The number of nitrogens with one attached hydrogen (secondary N) is 3. The summed E-state index contributed by atoms with van der Waals surface area (Å²) in [4.78, 5) is 27.8. The minimum atomic E-state index is -0.259. The molecule has 5 N–H and O–H groups in total. The van der Waals surface area contributed by atoms with Crippen LogP contribution >= 0.6 is 11.3 Å². The van der Waals surface area contributed by atoms with Gasteiger partial charge in [-0.05, 0) is 19.8 Å². The topological polar surface area (TPSA) is 109 Å². The Hall–Kier alpha value is -1.83. The Labute approximate surface area is 121 Å². The van der Waals surface area contributed by atoms with Gasteiger partial charge in [-0.25, -0.2) is 4.98 Å². The standard InChI is InChI=1S/C12H19N5O2S/c1-2-14-12-17-9(13)8(20-12)11(19)16-6-5-15-10(18)7-3-4-7/h7H,2-6,13H2,1H3,(H,14,17)(H,15,18)(H,16,19). The second kappa shape index (κ2) is 6.56. The summed E-state index contributed by atoms with van der Waals surface area (Å²) < 4.78 is 0. The third-order valence-electron chi connectivity index (χ3n) is 2.85. The molecular weight excluding hydrogens is 278 g/mol. The lowest BCUT2D eigenvalue weighted by molar-refractivity contribution is -0.122. The first-order valence-corrected chi connectivity index (χ1v) is 7.49. The van der Waals surface area contributed by atoms with Crippen LogP contribution in [0.15, 0.2) is 0 Å². The number of amides is 2. The fraction of sp³-hybridized carbons (Fsp3) is 0.583. The van der Waals surface area contributed by atoms with Crippen LogP contribution < -0.4 is 21.7 Å². The van der Waals surface area contributed by atoms with Crippen LogP contribution in [0.3, 0.4) is 0 Å². The van der Waals surface area contributed by atoms with E-state index in [0.717, 1.165) is 19.4 Å². The van der Waals surface area contributed by atoms with Crippen molar-refractivity contribution in [3.63, 3.8) is 0 Å². The Morgan fingerprint density at radius 3 is 2.70 bits per heavy atom. The largest absolute Gasteiger partial charge is 0.382 e. The molecule has 1 fully saturated rings. The zero-order valence-corrected chi connectivity index (χ0v) is 12.2. The zero-order chi connectivity index (χ0) is 14.5. The Morgan fingerprint density at radius 2 is 2.05 bits per heavy atom. The number of anilines is 2. The number of nitrogen functional groups attached to an aromatic ring is 1. The molecule has 2 amide bonds. The number of nitrogens with two attached hydrogens (primary N) is 1. The highest BCUT2D eigenvalue weighted by Crippen LogP contribution is 2.28. The van der Waals surface area contributed by atoms with Crippen LogP contribution in [0.4, 0.5) is 10.9 Å². The summed E-state index contributed by atoms with van der Waals surface area (Å²) in [7, 11) is 0. The van der Waals surface area contributed by atoms with Crippen molar-refractivity contribution in [3.8, 4) is 0 Å². The Morgan fingerprint density at radius 1 is 1.35 bits per heavy atom. The van der Waals surface area contributed by atoms with Crippen molar-refractivity contribution in [2.45, 2.75) is 19.8 Å². The minimum absolute atomic E-state index is 0.0750.